The number of para-hydroxylation sites is 1. The number of ether oxygens (including phenoxy) is 2. The predicted octanol–water partition coefficient (Wildman–Crippen LogP) is 1.65. The van der Waals surface area contributed by atoms with Gasteiger partial charge in [-0.05, 0) is 44.5 Å². The second kappa shape index (κ2) is 9.24. The number of rotatable bonds is 8. The van der Waals surface area contributed by atoms with Crippen LogP contribution < -0.4 is 4.74 Å². The number of nitrogens with one attached hydrogen (secondary N) is 1. The molecule has 0 amide bonds. The van der Waals surface area contributed by atoms with Crippen molar-refractivity contribution in [2.45, 2.75) is 64.3 Å². The lowest BCUT2D eigenvalue weighted by atomic mass is 10.00. The molecule has 0 saturated carbocycles. The van der Waals surface area contributed by atoms with Crippen molar-refractivity contribution in [2.75, 3.05) is 19.6 Å². The van der Waals surface area contributed by atoms with Crippen LogP contribution in [-0.4, -0.2) is 75.5 Å². The molecule has 5 atom stereocenters. The fourth-order valence-electron chi connectivity index (χ4n) is 3.75. The van der Waals surface area contributed by atoms with E-state index in [0.717, 1.165) is 43.4 Å². The van der Waals surface area contributed by atoms with E-state index >= 15 is 0 Å². The summed E-state index contributed by atoms with van der Waals surface area (Å²) in [4.78, 5) is 5.70. The van der Waals surface area contributed by atoms with Crippen LogP contribution in [0.1, 0.15) is 32.8 Å². The number of H-pyrrole nitrogens is 1. The van der Waals surface area contributed by atoms with Crippen LogP contribution in [0, 0.1) is 0 Å². The number of aliphatic hydroxyl groups is 3. The maximum atomic E-state index is 10.2. The highest BCUT2D eigenvalue weighted by Crippen LogP contribution is 2.31. The SMILES string of the molecule is CCCN(CC)CCc1c[nH]c2c(OC3OC(C)C(O)C(O)C3O)cccc12. The van der Waals surface area contributed by atoms with Gasteiger partial charge in [-0.1, -0.05) is 26.0 Å². The van der Waals surface area contributed by atoms with Gasteiger partial charge in [0, 0.05) is 18.1 Å². The third-order valence-electron chi connectivity index (χ3n) is 5.50. The van der Waals surface area contributed by atoms with Crippen LogP contribution in [0.25, 0.3) is 10.9 Å². The van der Waals surface area contributed by atoms with Gasteiger partial charge < -0.3 is 34.7 Å². The predicted molar refractivity (Wildman–Crippen MR) is 107 cm³/mol. The molecule has 0 aliphatic carbocycles. The molecular formula is C21H32N2O5. The average Bonchev–Trinajstić information content (AvgIpc) is 3.11. The van der Waals surface area contributed by atoms with E-state index < -0.39 is 30.7 Å². The van der Waals surface area contributed by atoms with Crippen molar-refractivity contribution in [2.24, 2.45) is 0 Å². The highest BCUT2D eigenvalue weighted by Gasteiger charge is 2.43. The molecule has 1 aliphatic heterocycles. The Kier molecular flexibility index (Phi) is 6.95. The van der Waals surface area contributed by atoms with Crippen LogP contribution in [0.2, 0.25) is 0 Å². The second-order valence-electron chi connectivity index (χ2n) is 7.48. The minimum absolute atomic E-state index is 0.546. The summed E-state index contributed by atoms with van der Waals surface area (Å²) in [7, 11) is 0. The molecule has 1 saturated heterocycles. The van der Waals surface area contributed by atoms with E-state index in [0.29, 0.717) is 5.75 Å². The molecule has 1 aliphatic rings. The van der Waals surface area contributed by atoms with Gasteiger partial charge in [-0.25, -0.2) is 0 Å². The molecule has 2 heterocycles. The molecule has 1 aromatic carbocycles. The Morgan fingerprint density at radius 3 is 2.61 bits per heavy atom. The monoisotopic (exact) mass is 392 g/mol. The molecule has 0 spiro atoms. The number of hydrogen-bond donors (Lipinski definition) is 4. The lowest BCUT2D eigenvalue weighted by Crippen LogP contribution is -2.58. The van der Waals surface area contributed by atoms with Crippen molar-refractivity contribution in [3.8, 4) is 5.75 Å². The minimum Gasteiger partial charge on any atom is -0.460 e. The van der Waals surface area contributed by atoms with Crippen LogP contribution in [0.3, 0.4) is 0 Å². The Bertz CT molecular complexity index is 764. The zero-order valence-electron chi connectivity index (χ0n) is 16.8. The van der Waals surface area contributed by atoms with Crippen molar-refractivity contribution in [3.63, 3.8) is 0 Å². The van der Waals surface area contributed by atoms with Gasteiger partial charge in [0.15, 0.2) is 0 Å². The number of aliphatic hydroxyl groups excluding tert-OH is 3. The van der Waals surface area contributed by atoms with Crippen LogP contribution >= 0.6 is 0 Å². The summed E-state index contributed by atoms with van der Waals surface area (Å²) in [5.74, 6) is 0.546. The largest absolute Gasteiger partial charge is 0.460 e. The van der Waals surface area contributed by atoms with Gasteiger partial charge >= 0.3 is 0 Å². The minimum atomic E-state index is -1.33. The highest BCUT2D eigenvalue weighted by molar-refractivity contribution is 5.88. The molecule has 28 heavy (non-hydrogen) atoms. The third-order valence-corrected chi connectivity index (χ3v) is 5.50. The zero-order valence-corrected chi connectivity index (χ0v) is 16.8. The van der Waals surface area contributed by atoms with Crippen molar-refractivity contribution in [3.05, 3.63) is 30.0 Å². The molecule has 0 bridgehead atoms. The molecular weight excluding hydrogens is 360 g/mol. The van der Waals surface area contributed by atoms with Gasteiger partial charge in [-0.15, -0.1) is 0 Å². The number of fused-ring (bicyclic) bond motifs is 1. The maximum Gasteiger partial charge on any atom is 0.229 e. The lowest BCUT2D eigenvalue weighted by molar-refractivity contribution is -0.267. The Morgan fingerprint density at radius 1 is 1.11 bits per heavy atom. The van der Waals surface area contributed by atoms with Crippen molar-refractivity contribution in [1.29, 1.82) is 0 Å². The molecule has 2 aromatic rings. The maximum absolute atomic E-state index is 10.2. The van der Waals surface area contributed by atoms with Gasteiger partial charge in [0.25, 0.3) is 0 Å². The summed E-state index contributed by atoms with van der Waals surface area (Å²) in [6, 6.07) is 5.75. The van der Waals surface area contributed by atoms with Crippen LogP contribution in [-0.2, 0) is 11.2 Å². The first-order valence-corrected chi connectivity index (χ1v) is 10.1. The Hall–Kier alpha value is -1.64. The van der Waals surface area contributed by atoms with Gasteiger partial charge in [0.05, 0.1) is 11.6 Å². The van der Waals surface area contributed by atoms with Crippen molar-refractivity contribution < 1.29 is 24.8 Å². The first kappa shape index (κ1) is 21.1. The normalized spacial score (nSPS) is 28.2. The van der Waals surface area contributed by atoms with Crippen LogP contribution in [0.15, 0.2) is 24.4 Å². The first-order valence-electron chi connectivity index (χ1n) is 10.1. The number of aromatic amines is 1. The first-order chi connectivity index (χ1) is 13.5. The number of benzene rings is 1. The van der Waals surface area contributed by atoms with E-state index in [2.05, 4.69) is 23.7 Å². The molecule has 1 fully saturated rings. The molecule has 156 valence electrons. The number of likely N-dealkylation sites (N-methyl/N-ethyl adjacent to an activating group) is 1. The van der Waals surface area contributed by atoms with E-state index in [1.54, 1.807) is 13.0 Å². The molecule has 5 unspecified atom stereocenters. The smallest absolute Gasteiger partial charge is 0.229 e. The summed E-state index contributed by atoms with van der Waals surface area (Å²) >= 11 is 0. The van der Waals surface area contributed by atoms with Crippen LogP contribution in [0.5, 0.6) is 5.75 Å². The van der Waals surface area contributed by atoms with Gasteiger partial charge in [-0.3, -0.25) is 0 Å². The summed E-state index contributed by atoms with van der Waals surface area (Å²) < 4.78 is 11.4. The fraction of sp³-hybridized carbons (Fsp3) is 0.619. The molecule has 1 aromatic heterocycles. The summed E-state index contributed by atoms with van der Waals surface area (Å²) in [5, 5.41) is 31.1. The number of aromatic nitrogens is 1. The quantitative estimate of drug-likeness (QED) is 0.545. The average molecular weight is 392 g/mol. The van der Waals surface area contributed by atoms with E-state index in [4.69, 9.17) is 9.47 Å². The Balaban J connectivity index is 1.75. The molecule has 7 nitrogen and oxygen atoms in total. The molecule has 3 rings (SSSR count). The van der Waals surface area contributed by atoms with Crippen molar-refractivity contribution >= 4 is 10.9 Å². The third kappa shape index (κ3) is 4.34. The van der Waals surface area contributed by atoms with E-state index in [1.165, 1.54) is 5.56 Å². The fourth-order valence-corrected chi connectivity index (χ4v) is 3.75. The lowest BCUT2D eigenvalue weighted by Gasteiger charge is -2.38. The van der Waals surface area contributed by atoms with Gasteiger partial charge in [-0.2, -0.15) is 0 Å². The summed E-state index contributed by atoms with van der Waals surface area (Å²) in [5.41, 5.74) is 2.05. The van der Waals surface area contributed by atoms with Crippen LogP contribution in [0.4, 0.5) is 0 Å². The standard InChI is InChI=1S/C21H32N2O5/c1-4-10-23(5-2)11-9-14-12-22-17-15(14)7-6-8-16(17)28-21-20(26)19(25)18(24)13(3)27-21/h6-8,12-13,18-22,24-26H,4-5,9-11H2,1-3H3. The van der Waals surface area contributed by atoms with E-state index in [1.807, 2.05) is 18.3 Å². The number of nitrogens with zero attached hydrogens (tertiary/aromatic N) is 1. The zero-order chi connectivity index (χ0) is 20.3. The van der Waals surface area contributed by atoms with E-state index in [9.17, 15) is 15.3 Å². The topological polar surface area (TPSA) is 98.2 Å². The van der Waals surface area contributed by atoms with Gasteiger partial charge in [0.1, 0.15) is 24.1 Å². The van der Waals surface area contributed by atoms with Gasteiger partial charge in [0.2, 0.25) is 6.29 Å². The summed E-state index contributed by atoms with van der Waals surface area (Å²) in [6.45, 7) is 9.13. The highest BCUT2D eigenvalue weighted by atomic mass is 16.7. The Morgan fingerprint density at radius 2 is 1.89 bits per heavy atom. The molecule has 0 radical (unpaired) electrons. The summed E-state index contributed by atoms with van der Waals surface area (Å²) in [6.07, 6.45) is -1.41. The van der Waals surface area contributed by atoms with Crippen molar-refractivity contribution in [1.82, 2.24) is 9.88 Å². The molecule has 7 heteroatoms. The van der Waals surface area contributed by atoms with E-state index in [-0.39, 0.29) is 0 Å². The second-order valence-corrected chi connectivity index (χ2v) is 7.48. The number of hydrogen-bond acceptors (Lipinski definition) is 6. The molecule has 4 N–H and O–H groups in total. The Labute approximate surface area is 165 Å².